The van der Waals surface area contributed by atoms with Crippen LogP contribution in [0.4, 0.5) is 0 Å². The van der Waals surface area contributed by atoms with Crippen LogP contribution in [0, 0.1) is 23.7 Å². The van der Waals surface area contributed by atoms with E-state index in [9.17, 15) is 9.59 Å². The Morgan fingerprint density at radius 1 is 1.44 bits per heavy atom. The van der Waals surface area contributed by atoms with Gasteiger partial charge in [-0.25, -0.2) is 0 Å². The lowest BCUT2D eigenvalue weighted by Gasteiger charge is -2.21. The maximum atomic E-state index is 12.1. The van der Waals surface area contributed by atoms with Crippen molar-refractivity contribution in [3.63, 3.8) is 0 Å². The number of carbonyl (C=O) groups is 2. The Bertz CT molecular complexity index is 407. The van der Waals surface area contributed by atoms with Crippen LogP contribution in [0.5, 0.6) is 0 Å². The average Bonchev–Trinajstić information content (AvgIpc) is 2.81. The molecule has 4 nitrogen and oxygen atoms in total. The van der Waals surface area contributed by atoms with Gasteiger partial charge in [-0.1, -0.05) is 13.0 Å². The summed E-state index contributed by atoms with van der Waals surface area (Å²) in [5.74, 6) is 1.66. The first-order valence-corrected chi connectivity index (χ1v) is 6.80. The molecule has 0 bridgehead atoms. The smallest absolute Gasteiger partial charge is 0.228 e. The van der Waals surface area contributed by atoms with Gasteiger partial charge >= 0.3 is 0 Å². The molecular weight excluding hydrogens is 228 g/mol. The van der Waals surface area contributed by atoms with Crippen molar-refractivity contribution in [2.45, 2.75) is 13.3 Å². The Hall–Kier alpha value is -1.32. The molecule has 2 saturated heterocycles. The zero-order valence-corrected chi connectivity index (χ0v) is 10.8. The summed E-state index contributed by atoms with van der Waals surface area (Å²) in [5, 5.41) is 0. The van der Waals surface area contributed by atoms with Crippen LogP contribution in [0.1, 0.15) is 13.3 Å². The van der Waals surface area contributed by atoms with E-state index < -0.39 is 0 Å². The summed E-state index contributed by atoms with van der Waals surface area (Å²) >= 11 is 0. The highest BCUT2D eigenvalue weighted by molar-refractivity contribution is 5.86. The van der Waals surface area contributed by atoms with Crippen LogP contribution >= 0.6 is 0 Å². The van der Waals surface area contributed by atoms with Gasteiger partial charge in [-0.3, -0.25) is 9.59 Å². The van der Waals surface area contributed by atoms with E-state index in [1.165, 1.54) is 0 Å². The monoisotopic (exact) mass is 248 g/mol. The van der Waals surface area contributed by atoms with E-state index in [4.69, 9.17) is 0 Å². The number of carbonyl (C=O) groups excluding carboxylic acids is 2. The van der Waals surface area contributed by atoms with Crippen LogP contribution in [-0.2, 0) is 9.59 Å². The molecule has 0 radical (unpaired) electrons. The fraction of sp³-hybridized carbons (Fsp3) is 0.714. The molecule has 1 saturated carbocycles. The van der Waals surface area contributed by atoms with Crippen molar-refractivity contribution in [3.05, 3.63) is 12.7 Å². The highest BCUT2D eigenvalue weighted by Crippen LogP contribution is 2.41. The maximum absolute atomic E-state index is 12.1. The Labute approximate surface area is 108 Å². The molecule has 0 aromatic carbocycles. The first kappa shape index (κ1) is 11.8. The summed E-state index contributed by atoms with van der Waals surface area (Å²) < 4.78 is 0. The summed E-state index contributed by atoms with van der Waals surface area (Å²) in [6.07, 6.45) is 2.80. The largest absolute Gasteiger partial charge is 0.341 e. The van der Waals surface area contributed by atoms with Crippen molar-refractivity contribution < 1.29 is 9.59 Å². The van der Waals surface area contributed by atoms with Crippen molar-refractivity contribution in [1.82, 2.24) is 9.80 Å². The van der Waals surface area contributed by atoms with Crippen molar-refractivity contribution in [2.75, 3.05) is 26.2 Å². The summed E-state index contributed by atoms with van der Waals surface area (Å²) in [6, 6.07) is 0. The van der Waals surface area contributed by atoms with Crippen LogP contribution < -0.4 is 0 Å². The summed E-state index contributed by atoms with van der Waals surface area (Å²) in [4.78, 5) is 28.1. The lowest BCUT2D eigenvalue weighted by Crippen LogP contribution is -2.36. The van der Waals surface area contributed by atoms with E-state index in [-0.39, 0.29) is 23.7 Å². The molecule has 2 heterocycles. The van der Waals surface area contributed by atoms with Gasteiger partial charge in [0.2, 0.25) is 11.8 Å². The van der Waals surface area contributed by atoms with Gasteiger partial charge in [0.05, 0.1) is 5.92 Å². The molecule has 2 aliphatic heterocycles. The van der Waals surface area contributed by atoms with E-state index in [0.717, 1.165) is 19.5 Å². The fourth-order valence-electron chi connectivity index (χ4n) is 3.34. The van der Waals surface area contributed by atoms with Crippen molar-refractivity contribution in [3.8, 4) is 0 Å². The van der Waals surface area contributed by atoms with Gasteiger partial charge in [0.15, 0.2) is 0 Å². The van der Waals surface area contributed by atoms with Gasteiger partial charge in [0.1, 0.15) is 0 Å². The molecule has 3 aliphatic rings. The lowest BCUT2D eigenvalue weighted by molar-refractivity contribution is -0.134. The third-order valence-corrected chi connectivity index (χ3v) is 4.61. The SMILES string of the molecule is C=CCN1C[C@@H]2CN(C(=O)[C@H]3C[C@H]3C)C[C@@H]2C1=O. The third kappa shape index (κ3) is 1.74. The number of hydrogen-bond donors (Lipinski definition) is 0. The molecule has 4 atom stereocenters. The van der Waals surface area contributed by atoms with Crippen LogP contribution in [0.15, 0.2) is 12.7 Å². The molecule has 0 unspecified atom stereocenters. The van der Waals surface area contributed by atoms with Gasteiger partial charge in [0.25, 0.3) is 0 Å². The zero-order valence-electron chi connectivity index (χ0n) is 10.8. The topological polar surface area (TPSA) is 40.6 Å². The molecule has 0 aromatic heterocycles. The average molecular weight is 248 g/mol. The van der Waals surface area contributed by atoms with E-state index in [2.05, 4.69) is 13.5 Å². The third-order valence-electron chi connectivity index (χ3n) is 4.61. The highest BCUT2D eigenvalue weighted by atomic mass is 16.2. The fourth-order valence-corrected chi connectivity index (χ4v) is 3.34. The number of likely N-dealkylation sites (tertiary alicyclic amines) is 2. The maximum Gasteiger partial charge on any atom is 0.228 e. The van der Waals surface area contributed by atoms with Crippen molar-refractivity contribution in [2.24, 2.45) is 23.7 Å². The Kier molecular flexibility index (Phi) is 2.68. The number of rotatable bonds is 3. The van der Waals surface area contributed by atoms with Gasteiger partial charge in [0, 0.05) is 38.0 Å². The number of nitrogens with zero attached hydrogens (tertiary/aromatic N) is 2. The summed E-state index contributed by atoms with van der Waals surface area (Å²) in [7, 11) is 0. The Morgan fingerprint density at radius 2 is 2.17 bits per heavy atom. The second kappa shape index (κ2) is 4.11. The molecule has 18 heavy (non-hydrogen) atoms. The van der Waals surface area contributed by atoms with Crippen LogP contribution in [0.3, 0.4) is 0 Å². The molecule has 98 valence electrons. The van der Waals surface area contributed by atoms with Gasteiger partial charge in [-0.15, -0.1) is 6.58 Å². The molecular formula is C14H20N2O2. The zero-order chi connectivity index (χ0) is 12.9. The number of fused-ring (bicyclic) bond motifs is 1. The number of hydrogen-bond acceptors (Lipinski definition) is 2. The quantitative estimate of drug-likeness (QED) is 0.691. The van der Waals surface area contributed by atoms with Crippen LogP contribution in [0.25, 0.3) is 0 Å². The molecule has 1 aliphatic carbocycles. The van der Waals surface area contributed by atoms with E-state index >= 15 is 0 Å². The Balaban J connectivity index is 1.62. The predicted octanol–water partition coefficient (Wildman–Crippen LogP) is 0.745. The molecule has 0 N–H and O–H groups in total. The van der Waals surface area contributed by atoms with Gasteiger partial charge in [-0.2, -0.15) is 0 Å². The van der Waals surface area contributed by atoms with E-state index in [0.29, 0.717) is 24.9 Å². The van der Waals surface area contributed by atoms with Crippen molar-refractivity contribution in [1.29, 1.82) is 0 Å². The van der Waals surface area contributed by atoms with E-state index in [1.54, 1.807) is 6.08 Å². The molecule has 4 heteroatoms. The van der Waals surface area contributed by atoms with Crippen molar-refractivity contribution >= 4 is 11.8 Å². The second-order valence-corrected chi connectivity index (χ2v) is 5.96. The standard InChI is InChI=1S/C14H20N2O2/c1-3-4-15-6-10-7-16(8-12(10)14(15)18)13(17)11-5-9(11)2/h3,9-12H,1,4-8H2,2H3/t9-,10-,11+,12+/m1/s1. The number of amides is 2. The van der Waals surface area contributed by atoms with Crippen LogP contribution in [-0.4, -0.2) is 47.8 Å². The van der Waals surface area contributed by atoms with Gasteiger partial charge in [-0.05, 0) is 12.3 Å². The minimum absolute atomic E-state index is 0.0444. The molecule has 3 rings (SSSR count). The molecule has 0 spiro atoms. The Morgan fingerprint density at radius 3 is 2.72 bits per heavy atom. The molecule has 3 fully saturated rings. The van der Waals surface area contributed by atoms with Gasteiger partial charge < -0.3 is 9.80 Å². The highest BCUT2D eigenvalue weighted by Gasteiger charge is 2.50. The first-order chi connectivity index (χ1) is 8.61. The van der Waals surface area contributed by atoms with E-state index in [1.807, 2.05) is 9.80 Å². The summed E-state index contributed by atoms with van der Waals surface area (Å²) in [5.41, 5.74) is 0. The first-order valence-electron chi connectivity index (χ1n) is 6.80. The molecule has 0 aromatic rings. The lowest BCUT2D eigenvalue weighted by atomic mass is 10.0. The molecule has 2 amide bonds. The normalized spacial score (nSPS) is 37.9. The predicted molar refractivity (Wildman–Crippen MR) is 67.6 cm³/mol. The summed E-state index contributed by atoms with van der Waals surface area (Å²) in [6.45, 7) is 8.64. The minimum Gasteiger partial charge on any atom is -0.341 e. The second-order valence-electron chi connectivity index (χ2n) is 5.96. The van der Waals surface area contributed by atoms with Crippen LogP contribution in [0.2, 0.25) is 0 Å². The minimum atomic E-state index is 0.0444.